The number of ether oxygens (including phenoxy) is 1. The van der Waals surface area contributed by atoms with Crippen molar-refractivity contribution in [2.45, 2.75) is 0 Å². The van der Waals surface area contributed by atoms with Crippen LogP contribution in [0.4, 0.5) is 17.1 Å². The number of hydrogen-bond donors (Lipinski definition) is 2. The number of rotatable bonds is 6. The zero-order chi connectivity index (χ0) is 23.3. The number of carbonyl (C=O) groups is 1. The number of fused-ring (bicyclic) bond motifs is 1. The fraction of sp³-hybridized carbons (Fsp3) is 0. The number of benzene rings is 3. The van der Waals surface area contributed by atoms with Crippen LogP contribution in [0, 0.1) is 3.57 Å². The monoisotopic (exact) mass is 558 g/mol. The van der Waals surface area contributed by atoms with Crippen LogP contribution in [0.5, 0.6) is 11.5 Å². The zero-order valence-corrected chi connectivity index (χ0v) is 20.1. The van der Waals surface area contributed by atoms with Crippen LogP contribution in [0.25, 0.3) is 10.9 Å². The van der Waals surface area contributed by atoms with Gasteiger partial charge in [-0.3, -0.25) is 14.8 Å². The van der Waals surface area contributed by atoms with E-state index in [0.29, 0.717) is 22.7 Å². The van der Waals surface area contributed by atoms with E-state index in [0.717, 1.165) is 25.8 Å². The van der Waals surface area contributed by atoms with Gasteiger partial charge in [0.15, 0.2) is 0 Å². The predicted octanol–water partition coefficient (Wildman–Crippen LogP) is 7.02. The Morgan fingerprint density at radius 1 is 0.794 bits per heavy atom. The number of amides is 1. The maximum Gasteiger partial charge on any atom is 0.255 e. The summed E-state index contributed by atoms with van der Waals surface area (Å²) in [6.45, 7) is 0. The molecule has 0 saturated carbocycles. The summed E-state index contributed by atoms with van der Waals surface area (Å²) in [5.74, 6) is 1.11. The smallest absolute Gasteiger partial charge is 0.255 e. The number of pyridine rings is 2. The van der Waals surface area contributed by atoms with E-state index < -0.39 is 0 Å². The number of carbonyl (C=O) groups excluding carboxylic acids is 1. The zero-order valence-electron chi connectivity index (χ0n) is 17.9. The lowest BCUT2D eigenvalue weighted by Crippen LogP contribution is -2.11. The summed E-state index contributed by atoms with van der Waals surface area (Å²) in [6.07, 6.45) is 5.11. The molecule has 2 heterocycles. The number of hydrogen-bond acceptors (Lipinski definition) is 5. The van der Waals surface area contributed by atoms with Gasteiger partial charge in [-0.2, -0.15) is 0 Å². The molecule has 166 valence electrons. The molecule has 0 spiro atoms. The van der Waals surface area contributed by atoms with Crippen molar-refractivity contribution in [3.63, 3.8) is 0 Å². The molecule has 0 aliphatic carbocycles. The van der Waals surface area contributed by atoms with Crippen molar-refractivity contribution in [3.05, 3.63) is 113 Å². The van der Waals surface area contributed by atoms with E-state index in [1.807, 2.05) is 42.5 Å². The molecule has 1 amide bonds. The first-order valence-electron chi connectivity index (χ1n) is 10.5. The van der Waals surface area contributed by atoms with Crippen LogP contribution in [0.15, 0.2) is 104 Å². The van der Waals surface area contributed by atoms with Gasteiger partial charge in [0.1, 0.15) is 11.5 Å². The minimum absolute atomic E-state index is 0.198. The van der Waals surface area contributed by atoms with Gasteiger partial charge in [0.2, 0.25) is 0 Å². The Morgan fingerprint density at radius 2 is 1.62 bits per heavy atom. The minimum atomic E-state index is -0.198. The highest BCUT2D eigenvalue weighted by Gasteiger charge is 2.08. The third-order valence-electron chi connectivity index (χ3n) is 5.11. The Labute approximate surface area is 210 Å². The van der Waals surface area contributed by atoms with Crippen LogP contribution in [-0.2, 0) is 0 Å². The van der Waals surface area contributed by atoms with Gasteiger partial charge in [-0.25, -0.2) is 0 Å². The van der Waals surface area contributed by atoms with E-state index in [-0.39, 0.29) is 5.91 Å². The number of nitrogens with zero attached hydrogens (tertiary/aromatic N) is 2. The largest absolute Gasteiger partial charge is 0.457 e. The first-order valence-corrected chi connectivity index (χ1v) is 11.6. The fourth-order valence-corrected chi connectivity index (χ4v) is 3.95. The summed E-state index contributed by atoms with van der Waals surface area (Å²) in [5.41, 5.74) is 3.99. The summed E-state index contributed by atoms with van der Waals surface area (Å²) < 4.78 is 6.95. The quantitative estimate of drug-likeness (QED) is 0.219. The van der Waals surface area contributed by atoms with Crippen molar-refractivity contribution in [3.8, 4) is 11.5 Å². The maximum absolute atomic E-state index is 12.8. The highest BCUT2D eigenvalue weighted by molar-refractivity contribution is 14.1. The van der Waals surface area contributed by atoms with Crippen LogP contribution in [0.2, 0.25) is 0 Å². The second kappa shape index (κ2) is 9.88. The lowest BCUT2D eigenvalue weighted by atomic mass is 10.1. The van der Waals surface area contributed by atoms with Gasteiger partial charge >= 0.3 is 0 Å². The summed E-state index contributed by atoms with van der Waals surface area (Å²) >= 11 is 2.28. The molecule has 2 aromatic heterocycles. The Kier molecular flexibility index (Phi) is 6.35. The van der Waals surface area contributed by atoms with Crippen molar-refractivity contribution in [2.24, 2.45) is 0 Å². The topological polar surface area (TPSA) is 76.1 Å². The van der Waals surface area contributed by atoms with Crippen LogP contribution in [0.3, 0.4) is 0 Å². The molecule has 0 bridgehead atoms. The molecule has 5 rings (SSSR count). The number of nitrogens with one attached hydrogen (secondary N) is 2. The average molecular weight is 558 g/mol. The van der Waals surface area contributed by atoms with E-state index in [1.54, 1.807) is 48.9 Å². The van der Waals surface area contributed by atoms with Crippen molar-refractivity contribution >= 4 is 56.5 Å². The van der Waals surface area contributed by atoms with Gasteiger partial charge in [-0.1, -0.05) is 6.07 Å². The van der Waals surface area contributed by atoms with E-state index in [4.69, 9.17) is 4.74 Å². The first-order chi connectivity index (χ1) is 16.6. The number of anilines is 3. The molecule has 5 aromatic rings. The second-order valence-corrected chi connectivity index (χ2v) is 8.73. The Hall–Kier alpha value is -3.98. The average Bonchev–Trinajstić information content (AvgIpc) is 2.85. The van der Waals surface area contributed by atoms with Gasteiger partial charge in [-0.05, 0) is 95.4 Å². The van der Waals surface area contributed by atoms with Gasteiger partial charge < -0.3 is 15.4 Å². The fourth-order valence-electron chi connectivity index (χ4n) is 3.47. The Morgan fingerprint density at radius 3 is 2.44 bits per heavy atom. The molecule has 0 radical (unpaired) electrons. The molecule has 0 aliphatic heterocycles. The summed E-state index contributed by atoms with van der Waals surface area (Å²) in [5, 5.41) is 7.38. The summed E-state index contributed by atoms with van der Waals surface area (Å²) in [7, 11) is 0. The molecular weight excluding hydrogens is 539 g/mol. The van der Waals surface area contributed by atoms with Crippen LogP contribution >= 0.6 is 22.6 Å². The molecule has 2 N–H and O–H groups in total. The Bertz CT molecular complexity index is 1460. The van der Waals surface area contributed by atoms with Gasteiger partial charge in [0.05, 0.1) is 5.52 Å². The van der Waals surface area contributed by atoms with Gasteiger partial charge in [0, 0.05) is 56.2 Å². The normalized spacial score (nSPS) is 10.6. The van der Waals surface area contributed by atoms with Crippen molar-refractivity contribution < 1.29 is 9.53 Å². The molecule has 7 heteroatoms. The van der Waals surface area contributed by atoms with Crippen molar-refractivity contribution in [1.82, 2.24) is 9.97 Å². The molecular formula is C27H19IN4O2. The molecule has 6 nitrogen and oxygen atoms in total. The van der Waals surface area contributed by atoms with E-state index in [2.05, 4.69) is 55.3 Å². The van der Waals surface area contributed by atoms with E-state index in [9.17, 15) is 4.79 Å². The highest BCUT2D eigenvalue weighted by atomic mass is 127. The summed E-state index contributed by atoms with van der Waals surface area (Å²) in [4.78, 5) is 21.2. The minimum Gasteiger partial charge on any atom is -0.457 e. The molecule has 3 aromatic carbocycles. The summed E-state index contributed by atoms with van der Waals surface area (Å²) in [6, 6.07) is 26.3. The third kappa shape index (κ3) is 5.15. The standard InChI is InChI=1S/C27H19IN4O2/c28-19-6-9-24-25(12-15-30-26(24)16-19)31-20-7-4-18(5-8-20)27(33)32-21-2-1-3-23(17-21)34-22-10-13-29-14-11-22/h1-17H,(H,30,31)(H,32,33). The van der Waals surface area contributed by atoms with Gasteiger partial charge in [0.25, 0.3) is 5.91 Å². The predicted molar refractivity (Wildman–Crippen MR) is 143 cm³/mol. The van der Waals surface area contributed by atoms with E-state index >= 15 is 0 Å². The Balaban J connectivity index is 1.27. The highest BCUT2D eigenvalue weighted by Crippen LogP contribution is 2.27. The van der Waals surface area contributed by atoms with Gasteiger partial charge in [-0.15, -0.1) is 0 Å². The van der Waals surface area contributed by atoms with Crippen molar-refractivity contribution in [2.75, 3.05) is 10.6 Å². The van der Waals surface area contributed by atoms with E-state index in [1.165, 1.54) is 0 Å². The molecule has 0 aliphatic rings. The van der Waals surface area contributed by atoms with Crippen LogP contribution in [-0.4, -0.2) is 15.9 Å². The third-order valence-corrected chi connectivity index (χ3v) is 5.78. The molecule has 0 saturated heterocycles. The second-order valence-electron chi connectivity index (χ2n) is 7.49. The molecule has 0 unspecified atom stereocenters. The lowest BCUT2D eigenvalue weighted by Gasteiger charge is -2.11. The SMILES string of the molecule is O=C(Nc1cccc(Oc2ccncc2)c1)c1ccc(Nc2ccnc3cc(I)ccc23)cc1. The lowest BCUT2D eigenvalue weighted by molar-refractivity contribution is 0.102. The molecule has 0 fully saturated rings. The first kappa shape index (κ1) is 21.8. The van der Waals surface area contributed by atoms with Crippen LogP contribution < -0.4 is 15.4 Å². The number of aromatic nitrogens is 2. The van der Waals surface area contributed by atoms with Crippen LogP contribution in [0.1, 0.15) is 10.4 Å². The maximum atomic E-state index is 12.8. The molecule has 0 atom stereocenters. The number of halogens is 1. The molecule has 34 heavy (non-hydrogen) atoms. The van der Waals surface area contributed by atoms with Crippen molar-refractivity contribution in [1.29, 1.82) is 0 Å².